The Morgan fingerprint density at radius 1 is 1.08 bits per heavy atom. The largest absolute Gasteiger partial charge is 0.306 e. The first kappa shape index (κ1) is 17.6. The molecule has 1 amide bonds. The fraction of sp³-hybridized carbons (Fsp3) is 0.0588. The molecule has 0 bridgehead atoms. The number of nitrogens with zero attached hydrogens (tertiary/aromatic N) is 1. The quantitative estimate of drug-likeness (QED) is 0.722. The van der Waals surface area contributed by atoms with Crippen LogP contribution in [0.5, 0.6) is 0 Å². The van der Waals surface area contributed by atoms with Crippen LogP contribution in [0.4, 0.5) is 5.82 Å². The van der Waals surface area contributed by atoms with Gasteiger partial charge < -0.3 is 5.32 Å². The summed E-state index contributed by atoms with van der Waals surface area (Å²) >= 11 is 6.66. The number of benzene rings is 1. The maximum atomic E-state index is 12.6. The number of hydrogen-bond donors (Lipinski definition) is 1. The molecule has 0 aliphatic carbocycles. The zero-order chi connectivity index (χ0) is 18.0. The minimum Gasteiger partial charge on any atom is -0.306 e. The highest BCUT2D eigenvalue weighted by Gasteiger charge is 2.21. The smallest absolute Gasteiger partial charge is 0.266 e. The molecule has 0 aliphatic heterocycles. The van der Waals surface area contributed by atoms with Crippen molar-refractivity contribution in [2.24, 2.45) is 0 Å². The normalized spacial score (nSPS) is 11.3. The molecule has 128 valence electrons. The zero-order valence-corrected chi connectivity index (χ0v) is 15.5. The van der Waals surface area contributed by atoms with Gasteiger partial charge in [-0.2, -0.15) is 0 Å². The third-order valence-electron chi connectivity index (χ3n) is 3.37. The number of halogens is 1. The minimum atomic E-state index is -3.64. The first-order chi connectivity index (χ1) is 11.9. The summed E-state index contributed by atoms with van der Waals surface area (Å²) in [5, 5.41) is 3.06. The highest BCUT2D eigenvalue weighted by atomic mass is 35.5. The molecule has 0 unspecified atom stereocenters. The Balaban J connectivity index is 1.82. The van der Waals surface area contributed by atoms with Gasteiger partial charge in [0.05, 0.1) is 14.8 Å². The van der Waals surface area contributed by atoms with Gasteiger partial charge in [-0.3, -0.25) is 4.79 Å². The van der Waals surface area contributed by atoms with Crippen LogP contribution in [0.25, 0.3) is 0 Å². The van der Waals surface area contributed by atoms with Crippen LogP contribution in [-0.4, -0.2) is 19.3 Å². The third-order valence-corrected chi connectivity index (χ3v) is 6.94. The number of aryl methyl sites for hydroxylation is 1. The number of anilines is 1. The van der Waals surface area contributed by atoms with Crippen molar-refractivity contribution in [3.05, 3.63) is 70.2 Å². The molecule has 2 heterocycles. The number of carbonyl (C=O) groups excluding carboxylic acids is 1. The zero-order valence-electron chi connectivity index (χ0n) is 13.1. The molecule has 0 aliphatic rings. The second-order valence-electron chi connectivity index (χ2n) is 5.25. The molecule has 2 aromatic heterocycles. The van der Waals surface area contributed by atoms with Crippen molar-refractivity contribution >= 4 is 44.5 Å². The summed E-state index contributed by atoms with van der Waals surface area (Å²) in [4.78, 5) is 16.7. The molecule has 0 spiro atoms. The summed E-state index contributed by atoms with van der Waals surface area (Å²) in [6.07, 6.45) is 1.42. The average Bonchev–Trinajstić information content (AvgIpc) is 3.08. The van der Waals surface area contributed by atoms with Gasteiger partial charge in [-0.15, -0.1) is 11.3 Å². The first-order valence-corrected chi connectivity index (χ1v) is 9.88. The summed E-state index contributed by atoms with van der Waals surface area (Å²) in [6, 6.07) is 12.7. The Morgan fingerprint density at radius 2 is 1.80 bits per heavy atom. The van der Waals surface area contributed by atoms with Crippen LogP contribution >= 0.6 is 22.9 Å². The van der Waals surface area contributed by atoms with Gasteiger partial charge in [0.25, 0.3) is 5.91 Å². The van der Waals surface area contributed by atoms with Crippen LogP contribution < -0.4 is 5.32 Å². The molecular weight excluding hydrogens is 380 g/mol. The first-order valence-electron chi connectivity index (χ1n) is 7.21. The van der Waals surface area contributed by atoms with Crippen LogP contribution in [0.2, 0.25) is 5.02 Å². The number of aromatic nitrogens is 1. The van der Waals surface area contributed by atoms with E-state index in [1.165, 1.54) is 18.3 Å². The number of nitrogens with one attached hydrogen (secondary N) is 1. The lowest BCUT2D eigenvalue weighted by Gasteiger charge is -2.03. The molecule has 5 nitrogen and oxygen atoms in total. The van der Waals surface area contributed by atoms with E-state index < -0.39 is 15.7 Å². The second-order valence-corrected chi connectivity index (χ2v) is 8.95. The van der Waals surface area contributed by atoms with Crippen molar-refractivity contribution in [3.63, 3.8) is 0 Å². The van der Waals surface area contributed by atoms with Crippen LogP contribution in [0.15, 0.2) is 63.8 Å². The Kier molecular flexibility index (Phi) is 4.89. The molecule has 0 radical (unpaired) electrons. The summed E-state index contributed by atoms with van der Waals surface area (Å²) < 4.78 is 25.4. The number of hydrogen-bond acceptors (Lipinski definition) is 5. The van der Waals surface area contributed by atoms with E-state index in [4.69, 9.17) is 11.6 Å². The summed E-state index contributed by atoms with van der Waals surface area (Å²) in [5.41, 5.74) is 0.973. The second kappa shape index (κ2) is 6.95. The number of pyridine rings is 1. The number of rotatable bonds is 4. The van der Waals surface area contributed by atoms with E-state index in [0.717, 1.165) is 16.9 Å². The number of carbonyl (C=O) groups is 1. The average molecular weight is 393 g/mol. The van der Waals surface area contributed by atoms with E-state index in [2.05, 4.69) is 10.3 Å². The van der Waals surface area contributed by atoms with Crippen molar-refractivity contribution in [3.8, 4) is 0 Å². The SMILES string of the molecule is Cc1ccc(S(=O)(=O)c2ccc(C(=O)Nc3ccc(Cl)cn3)s2)cc1. The third kappa shape index (κ3) is 3.89. The van der Waals surface area contributed by atoms with Crippen LogP contribution in [-0.2, 0) is 9.84 Å². The van der Waals surface area contributed by atoms with E-state index in [0.29, 0.717) is 10.8 Å². The number of amides is 1. The molecule has 3 rings (SSSR count). The fourth-order valence-electron chi connectivity index (χ4n) is 2.05. The molecule has 0 fully saturated rings. The Labute approximate surface area is 154 Å². The van der Waals surface area contributed by atoms with Crippen molar-refractivity contribution in [1.29, 1.82) is 0 Å². The van der Waals surface area contributed by atoms with Crippen molar-refractivity contribution in [2.75, 3.05) is 5.32 Å². The Morgan fingerprint density at radius 3 is 2.44 bits per heavy atom. The lowest BCUT2D eigenvalue weighted by Crippen LogP contribution is -2.11. The van der Waals surface area contributed by atoms with Gasteiger partial charge in [0.2, 0.25) is 9.84 Å². The molecular formula is C17H13ClN2O3S2. The van der Waals surface area contributed by atoms with Gasteiger partial charge in [-0.05, 0) is 43.3 Å². The molecule has 0 atom stereocenters. The molecule has 0 saturated heterocycles. The maximum absolute atomic E-state index is 12.6. The van der Waals surface area contributed by atoms with Gasteiger partial charge in [0.15, 0.2) is 0 Å². The van der Waals surface area contributed by atoms with Crippen molar-refractivity contribution < 1.29 is 13.2 Å². The van der Waals surface area contributed by atoms with Crippen molar-refractivity contribution in [1.82, 2.24) is 4.98 Å². The topological polar surface area (TPSA) is 76.1 Å². The molecule has 1 aromatic carbocycles. The Bertz CT molecular complexity index is 1010. The predicted molar refractivity (Wildman–Crippen MR) is 98.2 cm³/mol. The van der Waals surface area contributed by atoms with Gasteiger partial charge in [-0.1, -0.05) is 29.3 Å². The maximum Gasteiger partial charge on any atom is 0.266 e. The molecule has 1 N–H and O–H groups in total. The molecule has 25 heavy (non-hydrogen) atoms. The lowest BCUT2D eigenvalue weighted by molar-refractivity contribution is 0.103. The fourth-order valence-corrected chi connectivity index (χ4v) is 4.76. The predicted octanol–water partition coefficient (Wildman–Crippen LogP) is 4.19. The summed E-state index contributed by atoms with van der Waals surface area (Å²) in [6.45, 7) is 1.88. The van der Waals surface area contributed by atoms with Crippen LogP contribution in [0.3, 0.4) is 0 Å². The van der Waals surface area contributed by atoms with E-state index in [1.807, 2.05) is 6.92 Å². The Hall–Kier alpha value is -2.22. The van der Waals surface area contributed by atoms with E-state index in [-0.39, 0.29) is 14.0 Å². The molecule has 8 heteroatoms. The van der Waals surface area contributed by atoms with Crippen LogP contribution in [0, 0.1) is 6.92 Å². The lowest BCUT2D eigenvalue weighted by atomic mass is 10.2. The van der Waals surface area contributed by atoms with E-state index in [9.17, 15) is 13.2 Å². The van der Waals surface area contributed by atoms with Gasteiger partial charge >= 0.3 is 0 Å². The minimum absolute atomic E-state index is 0.116. The standard InChI is InChI=1S/C17H13ClN2O3S2/c1-11-2-5-13(6-3-11)25(22,23)16-9-7-14(24-16)17(21)20-15-8-4-12(18)10-19-15/h2-10H,1H3,(H,19,20,21). The highest BCUT2D eigenvalue weighted by Crippen LogP contribution is 2.28. The van der Waals surface area contributed by atoms with Crippen LogP contribution in [0.1, 0.15) is 15.2 Å². The van der Waals surface area contributed by atoms with E-state index >= 15 is 0 Å². The molecule has 3 aromatic rings. The van der Waals surface area contributed by atoms with Gasteiger partial charge in [0.1, 0.15) is 10.0 Å². The van der Waals surface area contributed by atoms with E-state index in [1.54, 1.807) is 36.4 Å². The van der Waals surface area contributed by atoms with Crippen molar-refractivity contribution in [2.45, 2.75) is 16.0 Å². The summed E-state index contributed by atoms with van der Waals surface area (Å²) in [7, 11) is -3.64. The van der Waals surface area contributed by atoms with Gasteiger partial charge in [0, 0.05) is 6.20 Å². The van der Waals surface area contributed by atoms with Gasteiger partial charge in [-0.25, -0.2) is 13.4 Å². The highest BCUT2D eigenvalue weighted by molar-refractivity contribution is 7.93. The number of thiophene rings is 1. The summed E-state index contributed by atoms with van der Waals surface area (Å²) in [5.74, 6) is -0.0871. The molecule has 0 saturated carbocycles. The monoisotopic (exact) mass is 392 g/mol. The number of sulfone groups is 1.